The second kappa shape index (κ2) is 11.9. The van der Waals surface area contributed by atoms with Crippen LogP contribution in [0, 0.1) is 0 Å². The second-order valence-electron chi connectivity index (χ2n) is 3.01. The van der Waals surface area contributed by atoms with Gasteiger partial charge in [0.2, 0.25) is 0 Å². The molecule has 0 fully saturated rings. The minimum Gasteiger partial charge on any atom is -0.394 e. The number of ether oxygens (including phenoxy) is 2. The monoisotopic (exact) mass is 190 g/mol. The fourth-order valence-electron chi connectivity index (χ4n) is 0.998. The lowest BCUT2D eigenvalue weighted by molar-refractivity contribution is 0.0861. The molecule has 3 heteroatoms. The zero-order chi connectivity index (χ0) is 9.78. The first-order valence-electron chi connectivity index (χ1n) is 5.18. The van der Waals surface area contributed by atoms with E-state index in [4.69, 9.17) is 14.6 Å². The normalized spacial score (nSPS) is 10.6. The Hall–Kier alpha value is -0.120. The Morgan fingerprint density at radius 2 is 1.46 bits per heavy atom. The van der Waals surface area contributed by atoms with Crippen molar-refractivity contribution in [2.75, 3.05) is 33.0 Å². The van der Waals surface area contributed by atoms with Crippen molar-refractivity contribution < 1.29 is 14.6 Å². The van der Waals surface area contributed by atoms with Crippen LogP contribution in [0.1, 0.15) is 32.6 Å². The lowest BCUT2D eigenvalue weighted by atomic mass is 10.2. The fraction of sp³-hybridized carbons (Fsp3) is 1.00. The quantitative estimate of drug-likeness (QED) is 0.532. The molecule has 13 heavy (non-hydrogen) atoms. The van der Waals surface area contributed by atoms with Gasteiger partial charge in [-0.3, -0.25) is 0 Å². The van der Waals surface area contributed by atoms with Gasteiger partial charge in [0.15, 0.2) is 0 Å². The van der Waals surface area contributed by atoms with Crippen molar-refractivity contribution in [1.29, 1.82) is 0 Å². The van der Waals surface area contributed by atoms with Crippen LogP contribution in [0.15, 0.2) is 0 Å². The third-order valence-electron chi connectivity index (χ3n) is 1.66. The van der Waals surface area contributed by atoms with Crippen LogP contribution in [0.3, 0.4) is 0 Å². The van der Waals surface area contributed by atoms with Crippen LogP contribution in [0.5, 0.6) is 0 Å². The maximum Gasteiger partial charge on any atom is 0.0697 e. The molecule has 0 saturated carbocycles. The van der Waals surface area contributed by atoms with E-state index in [1.807, 2.05) is 0 Å². The summed E-state index contributed by atoms with van der Waals surface area (Å²) in [5, 5.41) is 8.42. The van der Waals surface area contributed by atoms with Crippen molar-refractivity contribution in [3.8, 4) is 0 Å². The van der Waals surface area contributed by atoms with E-state index in [-0.39, 0.29) is 6.61 Å². The first-order valence-corrected chi connectivity index (χ1v) is 5.18. The highest BCUT2D eigenvalue weighted by atomic mass is 16.5. The molecule has 0 unspecified atom stereocenters. The van der Waals surface area contributed by atoms with E-state index in [1.54, 1.807) is 0 Å². The zero-order valence-electron chi connectivity index (χ0n) is 8.63. The molecule has 0 aliphatic carbocycles. The highest BCUT2D eigenvalue weighted by Crippen LogP contribution is 1.96. The van der Waals surface area contributed by atoms with Gasteiger partial charge in [-0.15, -0.1) is 0 Å². The number of unbranched alkanes of at least 4 members (excludes halogenated alkanes) is 2. The van der Waals surface area contributed by atoms with Gasteiger partial charge in [0, 0.05) is 19.8 Å². The van der Waals surface area contributed by atoms with E-state index in [0.29, 0.717) is 6.61 Å². The van der Waals surface area contributed by atoms with Gasteiger partial charge in [0.25, 0.3) is 0 Å². The predicted molar refractivity (Wildman–Crippen MR) is 52.9 cm³/mol. The van der Waals surface area contributed by atoms with Crippen LogP contribution in [0.4, 0.5) is 0 Å². The Balaban J connectivity index is 2.76. The molecule has 1 N–H and O–H groups in total. The average Bonchev–Trinajstić information content (AvgIpc) is 2.16. The van der Waals surface area contributed by atoms with Gasteiger partial charge in [-0.05, 0) is 25.7 Å². The number of aliphatic hydroxyl groups is 1. The molecule has 0 aliphatic rings. The SMILES string of the molecule is CCCOCCCCCOCCO. The van der Waals surface area contributed by atoms with Crippen molar-refractivity contribution in [2.24, 2.45) is 0 Å². The molecule has 0 atom stereocenters. The molecular formula is C10H22O3. The first-order chi connectivity index (χ1) is 6.41. The molecule has 0 spiro atoms. The van der Waals surface area contributed by atoms with Gasteiger partial charge in [-0.1, -0.05) is 6.92 Å². The summed E-state index contributed by atoms with van der Waals surface area (Å²) in [6, 6.07) is 0. The average molecular weight is 190 g/mol. The lowest BCUT2D eigenvalue weighted by Crippen LogP contribution is -2.01. The minimum absolute atomic E-state index is 0.125. The molecule has 0 radical (unpaired) electrons. The van der Waals surface area contributed by atoms with Crippen LogP contribution in [-0.2, 0) is 9.47 Å². The fourth-order valence-corrected chi connectivity index (χ4v) is 0.998. The summed E-state index contributed by atoms with van der Waals surface area (Å²) in [7, 11) is 0. The molecule has 0 aromatic heterocycles. The minimum atomic E-state index is 0.125. The van der Waals surface area contributed by atoms with E-state index in [9.17, 15) is 0 Å². The van der Waals surface area contributed by atoms with Gasteiger partial charge in [0.05, 0.1) is 13.2 Å². The molecule has 80 valence electrons. The van der Waals surface area contributed by atoms with E-state index in [1.165, 1.54) is 0 Å². The van der Waals surface area contributed by atoms with Gasteiger partial charge in [-0.2, -0.15) is 0 Å². The highest BCUT2D eigenvalue weighted by Gasteiger charge is 1.90. The lowest BCUT2D eigenvalue weighted by Gasteiger charge is -2.03. The molecule has 0 aromatic carbocycles. The van der Waals surface area contributed by atoms with E-state index in [0.717, 1.165) is 45.5 Å². The summed E-state index contributed by atoms with van der Waals surface area (Å²) >= 11 is 0. The topological polar surface area (TPSA) is 38.7 Å². The molecule has 0 aromatic rings. The highest BCUT2D eigenvalue weighted by molar-refractivity contribution is 4.40. The molecule has 0 aliphatic heterocycles. The van der Waals surface area contributed by atoms with Crippen molar-refractivity contribution in [1.82, 2.24) is 0 Å². The molecule has 0 saturated heterocycles. The summed E-state index contributed by atoms with van der Waals surface area (Å²) in [5.74, 6) is 0. The van der Waals surface area contributed by atoms with Gasteiger partial charge < -0.3 is 14.6 Å². The number of rotatable bonds is 10. The summed E-state index contributed by atoms with van der Waals surface area (Å²) in [6.07, 6.45) is 4.42. The van der Waals surface area contributed by atoms with Crippen LogP contribution >= 0.6 is 0 Å². The summed E-state index contributed by atoms with van der Waals surface area (Å²) in [5.41, 5.74) is 0. The van der Waals surface area contributed by atoms with Crippen LogP contribution in [0.25, 0.3) is 0 Å². The summed E-state index contributed by atoms with van der Waals surface area (Å²) in [6.45, 7) is 5.21. The van der Waals surface area contributed by atoms with Crippen molar-refractivity contribution in [3.63, 3.8) is 0 Å². The predicted octanol–water partition coefficient (Wildman–Crippen LogP) is 1.59. The van der Waals surface area contributed by atoms with Crippen molar-refractivity contribution in [3.05, 3.63) is 0 Å². The number of hydrogen-bond acceptors (Lipinski definition) is 3. The second-order valence-corrected chi connectivity index (χ2v) is 3.01. The largest absolute Gasteiger partial charge is 0.394 e. The van der Waals surface area contributed by atoms with E-state index in [2.05, 4.69) is 6.92 Å². The Morgan fingerprint density at radius 3 is 2.00 bits per heavy atom. The Kier molecular flexibility index (Phi) is 11.8. The molecule has 0 amide bonds. The first kappa shape index (κ1) is 12.9. The number of hydrogen-bond donors (Lipinski definition) is 1. The Morgan fingerprint density at radius 1 is 0.846 bits per heavy atom. The summed E-state index contributed by atoms with van der Waals surface area (Å²) in [4.78, 5) is 0. The van der Waals surface area contributed by atoms with Crippen LogP contribution in [-0.4, -0.2) is 38.1 Å². The molecular weight excluding hydrogens is 168 g/mol. The molecule has 3 nitrogen and oxygen atoms in total. The Bertz CT molecular complexity index is 76.2. The third-order valence-corrected chi connectivity index (χ3v) is 1.66. The van der Waals surface area contributed by atoms with Gasteiger partial charge >= 0.3 is 0 Å². The van der Waals surface area contributed by atoms with Crippen molar-refractivity contribution in [2.45, 2.75) is 32.6 Å². The Labute approximate surface area is 81.0 Å². The van der Waals surface area contributed by atoms with E-state index < -0.39 is 0 Å². The van der Waals surface area contributed by atoms with Gasteiger partial charge in [0.1, 0.15) is 0 Å². The molecule has 0 bridgehead atoms. The number of aliphatic hydroxyl groups excluding tert-OH is 1. The van der Waals surface area contributed by atoms with E-state index >= 15 is 0 Å². The van der Waals surface area contributed by atoms with Gasteiger partial charge in [-0.25, -0.2) is 0 Å². The van der Waals surface area contributed by atoms with Crippen molar-refractivity contribution >= 4 is 0 Å². The molecule has 0 rings (SSSR count). The summed E-state index contributed by atoms with van der Waals surface area (Å²) < 4.78 is 10.4. The van der Waals surface area contributed by atoms with Crippen LogP contribution in [0.2, 0.25) is 0 Å². The standard InChI is InChI=1S/C10H22O3/c1-2-7-12-8-4-3-5-9-13-10-6-11/h11H,2-10H2,1H3. The smallest absolute Gasteiger partial charge is 0.0697 e. The third kappa shape index (κ3) is 11.9. The molecule has 0 heterocycles. The maximum absolute atomic E-state index is 8.42. The van der Waals surface area contributed by atoms with Crippen LogP contribution < -0.4 is 0 Å². The maximum atomic E-state index is 8.42. The zero-order valence-corrected chi connectivity index (χ0v) is 8.63.